The van der Waals surface area contributed by atoms with Crippen LogP contribution in [0.5, 0.6) is 11.5 Å². The molecular formula is C20H24N2O5S. The Morgan fingerprint density at radius 1 is 1.14 bits per heavy atom. The number of carbonyl (C=O) groups is 1. The van der Waals surface area contributed by atoms with Gasteiger partial charge in [0.2, 0.25) is 22.7 Å². The molecule has 0 fully saturated rings. The van der Waals surface area contributed by atoms with Gasteiger partial charge in [0.15, 0.2) is 11.5 Å². The first kappa shape index (κ1) is 20.0. The van der Waals surface area contributed by atoms with E-state index in [9.17, 15) is 13.2 Å². The number of carbonyl (C=O) groups excluding carboxylic acids is 1. The summed E-state index contributed by atoms with van der Waals surface area (Å²) in [5.74, 6) is 0.608. The fraction of sp³-hybridized carbons (Fsp3) is 0.350. The van der Waals surface area contributed by atoms with Gasteiger partial charge in [-0.25, -0.2) is 8.42 Å². The predicted molar refractivity (Wildman–Crippen MR) is 107 cm³/mol. The lowest BCUT2D eigenvalue weighted by Crippen LogP contribution is -2.41. The van der Waals surface area contributed by atoms with Crippen LogP contribution in [0.15, 0.2) is 42.5 Å². The zero-order valence-electron chi connectivity index (χ0n) is 16.1. The summed E-state index contributed by atoms with van der Waals surface area (Å²) < 4.78 is 36.1. The van der Waals surface area contributed by atoms with Crippen molar-refractivity contribution in [1.29, 1.82) is 0 Å². The maximum atomic E-state index is 12.5. The van der Waals surface area contributed by atoms with Crippen molar-refractivity contribution < 1.29 is 22.7 Å². The topological polar surface area (TPSA) is 84.9 Å². The van der Waals surface area contributed by atoms with E-state index in [4.69, 9.17) is 9.47 Å². The number of nitrogens with zero attached hydrogens (tertiary/aromatic N) is 1. The van der Waals surface area contributed by atoms with Crippen LogP contribution in [0.3, 0.4) is 0 Å². The maximum absolute atomic E-state index is 12.5. The first-order valence-corrected chi connectivity index (χ1v) is 10.9. The molecule has 0 radical (unpaired) electrons. The van der Waals surface area contributed by atoms with Crippen molar-refractivity contribution in [2.75, 3.05) is 23.9 Å². The third-order valence-electron chi connectivity index (χ3n) is 4.60. The summed E-state index contributed by atoms with van der Waals surface area (Å²) in [5, 5.41) is 2.86. The first-order valence-electron chi connectivity index (χ1n) is 9.03. The SMILES string of the molecule is CCc1ccc([C@@H](C)NC(=O)CN(c2ccc3c(c2)OCO3)S(C)(=O)=O)cc1. The molecule has 0 bridgehead atoms. The van der Waals surface area contributed by atoms with Crippen molar-refractivity contribution in [1.82, 2.24) is 5.32 Å². The summed E-state index contributed by atoms with van der Waals surface area (Å²) in [7, 11) is -3.66. The van der Waals surface area contributed by atoms with E-state index >= 15 is 0 Å². The Labute approximate surface area is 165 Å². The highest BCUT2D eigenvalue weighted by molar-refractivity contribution is 7.92. The van der Waals surface area contributed by atoms with Crippen LogP contribution in [-0.4, -0.2) is 33.9 Å². The van der Waals surface area contributed by atoms with Crippen LogP contribution in [-0.2, 0) is 21.2 Å². The summed E-state index contributed by atoms with van der Waals surface area (Å²) in [4.78, 5) is 12.5. The molecular weight excluding hydrogens is 380 g/mol. The van der Waals surface area contributed by atoms with Crippen LogP contribution in [0.1, 0.15) is 31.0 Å². The van der Waals surface area contributed by atoms with Gasteiger partial charge in [0.1, 0.15) is 6.54 Å². The summed E-state index contributed by atoms with van der Waals surface area (Å²) in [6, 6.07) is 12.5. The molecule has 1 aliphatic heterocycles. The molecule has 1 heterocycles. The largest absolute Gasteiger partial charge is 0.454 e. The number of sulfonamides is 1. The number of nitrogens with one attached hydrogen (secondary N) is 1. The second-order valence-corrected chi connectivity index (χ2v) is 8.60. The minimum atomic E-state index is -3.66. The zero-order chi connectivity index (χ0) is 20.3. The highest BCUT2D eigenvalue weighted by atomic mass is 32.2. The van der Waals surface area contributed by atoms with Crippen LogP contribution in [0.25, 0.3) is 0 Å². The van der Waals surface area contributed by atoms with Gasteiger partial charge < -0.3 is 14.8 Å². The van der Waals surface area contributed by atoms with Gasteiger partial charge in [0, 0.05) is 6.07 Å². The molecule has 1 amide bonds. The van der Waals surface area contributed by atoms with Crippen LogP contribution >= 0.6 is 0 Å². The molecule has 150 valence electrons. The van der Waals surface area contributed by atoms with Crippen molar-refractivity contribution in [2.24, 2.45) is 0 Å². The van der Waals surface area contributed by atoms with Gasteiger partial charge >= 0.3 is 0 Å². The highest BCUT2D eigenvalue weighted by Gasteiger charge is 2.24. The van der Waals surface area contributed by atoms with E-state index in [1.807, 2.05) is 31.2 Å². The number of rotatable bonds is 7. The van der Waals surface area contributed by atoms with Gasteiger partial charge in [-0.15, -0.1) is 0 Å². The zero-order valence-corrected chi connectivity index (χ0v) is 17.0. The van der Waals surface area contributed by atoms with E-state index in [1.165, 1.54) is 5.56 Å². The number of fused-ring (bicyclic) bond motifs is 1. The number of benzene rings is 2. The molecule has 3 rings (SSSR count). The summed E-state index contributed by atoms with van der Waals surface area (Å²) >= 11 is 0. The highest BCUT2D eigenvalue weighted by Crippen LogP contribution is 2.36. The third kappa shape index (κ3) is 4.56. The molecule has 1 atom stereocenters. The Balaban J connectivity index is 1.73. The fourth-order valence-corrected chi connectivity index (χ4v) is 3.83. The molecule has 0 saturated carbocycles. The van der Waals surface area contributed by atoms with Gasteiger partial charge in [0.05, 0.1) is 18.0 Å². The number of hydrogen-bond acceptors (Lipinski definition) is 5. The third-order valence-corrected chi connectivity index (χ3v) is 5.74. The van der Waals surface area contributed by atoms with Gasteiger partial charge in [0.25, 0.3) is 0 Å². The lowest BCUT2D eigenvalue weighted by Gasteiger charge is -2.23. The molecule has 0 spiro atoms. The van der Waals surface area contributed by atoms with Crippen molar-refractivity contribution in [3.05, 3.63) is 53.6 Å². The molecule has 0 saturated heterocycles. The number of ether oxygens (including phenoxy) is 2. The minimum absolute atomic E-state index is 0.0898. The van der Waals surface area contributed by atoms with Crippen LogP contribution < -0.4 is 19.1 Å². The van der Waals surface area contributed by atoms with Gasteiger partial charge in [-0.3, -0.25) is 9.10 Å². The second-order valence-electron chi connectivity index (χ2n) is 6.69. The predicted octanol–water partition coefficient (Wildman–Crippen LogP) is 2.62. The van der Waals surface area contributed by atoms with Crippen molar-refractivity contribution in [2.45, 2.75) is 26.3 Å². The van der Waals surface area contributed by atoms with Gasteiger partial charge in [-0.2, -0.15) is 0 Å². The number of anilines is 1. The van der Waals surface area contributed by atoms with Crippen LogP contribution in [0.2, 0.25) is 0 Å². The monoisotopic (exact) mass is 404 g/mol. The molecule has 28 heavy (non-hydrogen) atoms. The standard InChI is InChI=1S/C20H24N2O5S/c1-4-15-5-7-16(8-6-15)14(2)21-20(23)12-22(28(3,24)25)17-9-10-18-19(11-17)27-13-26-18/h5-11,14H,4,12-13H2,1-3H3,(H,21,23)/t14-/m1/s1. The normalized spacial score (nSPS) is 13.8. The lowest BCUT2D eigenvalue weighted by atomic mass is 10.1. The molecule has 7 nitrogen and oxygen atoms in total. The van der Waals surface area contributed by atoms with E-state index in [0.29, 0.717) is 17.2 Å². The second kappa shape index (κ2) is 8.10. The summed E-state index contributed by atoms with van der Waals surface area (Å²) in [6.45, 7) is 3.71. The fourth-order valence-electron chi connectivity index (χ4n) is 2.98. The molecule has 0 aromatic heterocycles. The molecule has 2 aromatic rings. The van der Waals surface area contributed by atoms with E-state index < -0.39 is 15.9 Å². The van der Waals surface area contributed by atoms with Gasteiger partial charge in [-0.1, -0.05) is 31.2 Å². The summed E-state index contributed by atoms with van der Waals surface area (Å²) in [6.07, 6.45) is 2.01. The Hall–Kier alpha value is -2.74. The molecule has 0 aliphatic carbocycles. The van der Waals surface area contributed by atoms with Crippen LogP contribution in [0.4, 0.5) is 5.69 Å². The average Bonchev–Trinajstić information content (AvgIpc) is 3.13. The average molecular weight is 404 g/mol. The van der Waals surface area contributed by atoms with Crippen molar-refractivity contribution >= 4 is 21.6 Å². The Kier molecular flexibility index (Phi) is 5.79. The number of aryl methyl sites for hydroxylation is 1. The van der Waals surface area contributed by atoms with Crippen LogP contribution in [0, 0.1) is 0 Å². The van der Waals surface area contributed by atoms with E-state index in [0.717, 1.165) is 22.5 Å². The minimum Gasteiger partial charge on any atom is -0.454 e. The molecule has 1 N–H and O–H groups in total. The molecule has 0 unspecified atom stereocenters. The molecule has 2 aromatic carbocycles. The van der Waals surface area contributed by atoms with Crippen molar-refractivity contribution in [3.8, 4) is 11.5 Å². The number of hydrogen-bond donors (Lipinski definition) is 1. The van der Waals surface area contributed by atoms with E-state index in [1.54, 1.807) is 18.2 Å². The molecule has 1 aliphatic rings. The Morgan fingerprint density at radius 3 is 2.46 bits per heavy atom. The first-order chi connectivity index (χ1) is 13.3. The summed E-state index contributed by atoms with van der Waals surface area (Å²) in [5.41, 5.74) is 2.52. The number of amides is 1. The lowest BCUT2D eigenvalue weighted by molar-refractivity contribution is -0.120. The maximum Gasteiger partial charge on any atom is 0.241 e. The van der Waals surface area contributed by atoms with Gasteiger partial charge in [-0.05, 0) is 36.6 Å². The quantitative estimate of drug-likeness (QED) is 0.767. The van der Waals surface area contributed by atoms with E-state index in [2.05, 4.69) is 12.2 Å². The van der Waals surface area contributed by atoms with Crippen molar-refractivity contribution in [3.63, 3.8) is 0 Å². The Morgan fingerprint density at radius 2 is 1.82 bits per heavy atom. The molecule has 8 heteroatoms. The smallest absolute Gasteiger partial charge is 0.241 e. The Bertz CT molecular complexity index is 957. The van der Waals surface area contributed by atoms with E-state index in [-0.39, 0.29) is 19.4 Å².